The minimum absolute atomic E-state index is 0.0100. The number of carbonyl (C=O) groups is 1. The summed E-state index contributed by atoms with van der Waals surface area (Å²) in [5, 5.41) is 0. The van der Waals surface area contributed by atoms with Gasteiger partial charge < -0.3 is 4.74 Å². The van der Waals surface area contributed by atoms with Gasteiger partial charge in [0.05, 0.1) is 17.1 Å². The van der Waals surface area contributed by atoms with E-state index in [1.165, 1.54) is 19.6 Å². The second-order valence-electron chi connectivity index (χ2n) is 7.55. The second-order valence-corrected chi connectivity index (χ2v) is 10.7. The van der Waals surface area contributed by atoms with Crippen LogP contribution < -0.4 is 0 Å². The minimum Gasteiger partial charge on any atom is -0.469 e. The molecule has 0 N–H and O–H groups in total. The van der Waals surface area contributed by atoms with Gasteiger partial charge in [0.25, 0.3) is 0 Å². The van der Waals surface area contributed by atoms with E-state index in [2.05, 4.69) is 19.9 Å². The van der Waals surface area contributed by atoms with Crippen LogP contribution in [0, 0.1) is 24.1 Å². The molecule has 0 aromatic heterocycles. The maximum atomic E-state index is 13.8. The monoisotopic (exact) mass is 410 g/mol. The Hall–Kier alpha value is -0.940. The molecular weight excluding hydrogens is 379 g/mol. The molecule has 0 saturated carbocycles. The quantitative estimate of drug-likeness (QED) is 0.532. The number of aryl methyl sites for hydroxylation is 1. The molecule has 0 amide bonds. The lowest BCUT2D eigenvalue weighted by Crippen LogP contribution is -2.43. The fraction of sp³-hybridized carbons (Fsp3) is 0.591. The first-order valence-corrected chi connectivity index (χ1v) is 11.6. The maximum absolute atomic E-state index is 13.8. The maximum Gasteiger partial charge on any atom is 0.313 e. The number of halogens is 1. The van der Waals surface area contributed by atoms with Crippen LogP contribution in [-0.4, -0.2) is 28.7 Å². The number of esters is 1. The number of ether oxygens (including phenoxy) is 1. The highest BCUT2D eigenvalue weighted by Gasteiger charge is 2.50. The van der Waals surface area contributed by atoms with Crippen molar-refractivity contribution in [3.8, 4) is 0 Å². The van der Waals surface area contributed by atoms with Crippen molar-refractivity contribution >= 4 is 35.1 Å². The third kappa shape index (κ3) is 4.73. The molecule has 1 unspecified atom stereocenters. The molecule has 1 aliphatic carbocycles. The van der Waals surface area contributed by atoms with Crippen molar-refractivity contribution in [3.63, 3.8) is 0 Å². The third-order valence-corrected chi connectivity index (χ3v) is 8.27. The first-order chi connectivity index (χ1) is 12.8. The van der Waals surface area contributed by atoms with Crippen LogP contribution in [0.15, 0.2) is 24.3 Å². The summed E-state index contributed by atoms with van der Waals surface area (Å²) in [7, 11) is 1.44. The van der Waals surface area contributed by atoms with E-state index in [4.69, 9.17) is 4.74 Å². The summed E-state index contributed by atoms with van der Waals surface area (Å²) in [6.07, 6.45) is 4.41. The van der Waals surface area contributed by atoms with Crippen molar-refractivity contribution in [1.82, 2.24) is 0 Å². The van der Waals surface area contributed by atoms with Gasteiger partial charge in [-0.3, -0.25) is 4.79 Å². The zero-order chi connectivity index (χ0) is 20.2. The van der Waals surface area contributed by atoms with E-state index >= 15 is 0 Å². The Bertz CT molecular complexity index is 706. The average molecular weight is 411 g/mol. The third-order valence-electron chi connectivity index (χ3n) is 5.08. The molecule has 1 heterocycles. The number of benzene rings is 1. The molecule has 1 fully saturated rings. The van der Waals surface area contributed by atoms with Gasteiger partial charge in [-0.15, -0.1) is 23.5 Å². The van der Waals surface area contributed by atoms with Gasteiger partial charge in [0.2, 0.25) is 0 Å². The average Bonchev–Trinajstić information content (AvgIpc) is 2.64. The van der Waals surface area contributed by atoms with Gasteiger partial charge in [-0.05, 0) is 65.5 Å². The summed E-state index contributed by atoms with van der Waals surface area (Å²) < 4.78 is 18.9. The molecule has 150 valence electrons. The van der Waals surface area contributed by atoms with Crippen molar-refractivity contribution in [3.05, 3.63) is 41.2 Å². The Labute approximate surface area is 171 Å². The number of hydrogen-bond acceptors (Lipinski definition) is 4. The standard InChI is InChI=1S/C20H25FO2S2.C2H6/c1-13-10-14(6-7-16(13)21)15-11-20(24-8-5-9-25-20)12-19(2,3)17(15)18(22)23-4;1-2/h6-7,10-11,17H,5,8-9,12H2,1-4H3;1-2H3. The van der Waals surface area contributed by atoms with Crippen molar-refractivity contribution in [2.24, 2.45) is 11.3 Å². The van der Waals surface area contributed by atoms with Gasteiger partial charge in [-0.25, -0.2) is 4.39 Å². The lowest BCUT2D eigenvalue weighted by atomic mass is 9.66. The highest BCUT2D eigenvalue weighted by atomic mass is 32.2. The SMILES string of the molecule is CC.COC(=O)C1C(c2ccc(F)c(C)c2)=CC2(CC1(C)C)SCCCS2. The van der Waals surface area contributed by atoms with E-state index in [1.807, 2.05) is 43.4 Å². The fourth-order valence-electron chi connectivity index (χ4n) is 3.94. The fourth-order valence-corrected chi connectivity index (χ4v) is 7.60. The van der Waals surface area contributed by atoms with Crippen LogP contribution in [0.2, 0.25) is 0 Å². The van der Waals surface area contributed by atoms with Crippen LogP contribution in [0.3, 0.4) is 0 Å². The molecule has 0 radical (unpaired) electrons. The molecule has 2 aliphatic rings. The van der Waals surface area contributed by atoms with Gasteiger partial charge in [0, 0.05) is 0 Å². The highest BCUT2D eigenvalue weighted by molar-refractivity contribution is 8.19. The van der Waals surface area contributed by atoms with E-state index in [-0.39, 0.29) is 27.2 Å². The van der Waals surface area contributed by atoms with E-state index in [9.17, 15) is 9.18 Å². The zero-order valence-electron chi connectivity index (χ0n) is 17.2. The van der Waals surface area contributed by atoms with E-state index in [0.29, 0.717) is 5.56 Å². The number of thioether (sulfide) groups is 2. The number of methoxy groups -OCH3 is 1. The molecule has 2 nitrogen and oxygen atoms in total. The number of hydrogen-bond donors (Lipinski definition) is 0. The summed E-state index contributed by atoms with van der Waals surface area (Å²) in [5.41, 5.74) is 2.28. The zero-order valence-corrected chi connectivity index (χ0v) is 18.9. The topological polar surface area (TPSA) is 26.3 Å². The smallest absolute Gasteiger partial charge is 0.313 e. The Kier molecular flexibility index (Phi) is 7.48. The predicted octanol–water partition coefficient (Wildman–Crippen LogP) is 6.33. The van der Waals surface area contributed by atoms with Crippen LogP contribution in [0.25, 0.3) is 5.57 Å². The molecule has 1 aromatic carbocycles. The Morgan fingerprint density at radius 1 is 1.22 bits per heavy atom. The molecule has 0 bridgehead atoms. The number of carbonyl (C=O) groups excluding carboxylic acids is 1. The Morgan fingerprint density at radius 2 is 1.85 bits per heavy atom. The van der Waals surface area contributed by atoms with E-state index in [0.717, 1.165) is 29.1 Å². The van der Waals surface area contributed by atoms with Crippen molar-refractivity contribution in [2.45, 2.75) is 51.5 Å². The lowest BCUT2D eigenvalue weighted by Gasteiger charge is -2.47. The van der Waals surface area contributed by atoms with Crippen molar-refractivity contribution in [1.29, 1.82) is 0 Å². The normalized spacial score (nSPS) is 23.1. The molecule has 1 spiro atoms. The van der Waals surface area contributed by atoms with Crippen LogP contribution in [0.1, 0.15) is 51.7 Å². The summed E-state index contributed by atoms with van der Waals surface area (Å²) >= 11 is 3.95. The predicted molar refractivity (Wildman–Crippen MR) is 117 cm³/mol. The van der Waals surface area contributed by atoms with Gasteiger partial charge >= 0.3 is 5.97 Å². The van der Waals surface area contributed by atoms with Gasteiger partial charge in [-0.1, -0.05) is 39.8 Å². The summed E-state index contributed by atoms with van der Waals surface area (Å²) in [5.74, 6) is 1.51. The molecular formula is C22H31FO2S2. The summed E-state index contributed by atoms with van der Waals surface area (Å²) in [4.78, 5) is 12.6. The molecule has 1 aliphatic heterocycles. The first kappa shape index (κ1) is 22.4. The molecule has 1 saturated heterocycles. The van der Waals surface area contributed by atoms with Crippen LogP contribution >= 0.6 is 23.5 Å². The van der Waals surface area contributed by atoms with Crippen molar-refractivity contribution in [2.75, 3.05) is 18.6 Å². The minimum atomic E-state index is -0.337. The van der Waals surface area contributed by atoms with Crippen molar-refractivity contribution < 1.29 is 13.9 Å². The van der Waals surface area contributed by atoms with Crippen LogP contribution in [0.4, 0.5) is 4.39 Å². The van der Waals surface area contributed by atoms with Gasteiger partial charge in [0.1, 0.15) is 5.82 Å². The molecule has 3 rings (SSSR count). The molecule has 5 heteroatoms. The summed E-state index contributed by atoms with van der Waals surface area (Å²) in [6.45, 7) is 10.1. The first-order valence-electron chi connectivity index (χ1n) is 9.63. The number of rotatable bonds is 2. The molecule has 27 heavy (non-hydrogen) atoms. The van der Waals surface area contributed by atoms with E-state index in [1.54, 1.807) is 13.0 Å². The van der Waals surface area contributed by atoms with Gasteiger partial charge in [-0.2, -0.15) is 0 Å². The molecule has 1 atom stereocenters. The second kappa shape index (κ2) is 9.04. The van der Waals surface area contributed by atoms with E-state index < -0.39 is 0 Å². The highest BCUT2D eigenvalue weighted by Crippen LogP contribution is 2.58. The Morgan fingerprint density at radius 3 is 2.41 bits per heavy atom. The lowest BCUT2D eigenvalue weighted by molar-refractivity contribution is -0.147. The summed E-state index contributed by atoms with van der Waals surface area (Å²) in [6, 6.07) is 5.14. The van der Waals surface area contributed by atoms with Crippen LogP contribution in [-0.2, 0) is 9.53 Å². The largest absolute Gasteiger partial charge is 0.469 e. The molecule has 1 aromatic rings. The van der Waals surface area contributed by atoms with Crippen LogP contribution in [0.5, 0.6) is 0 Å². The Balaban J connectivity index is 0.00000126. The van der Waals surface area contributed by atoms with Gasteiger partial charge in [0.15, 0.2) is 0 Å².